The number of carbonyl (C=O) groups is 1. The molecular weight excluding hydrogens is 388 g/mol. The van der Waals surface area contributed by atoms with E-state index in [1.807, 2.05) is 0 Å². The van der Waals surface area contributed by atoms with Crippen LogP contribution in [0, 0.1) is 0 Å². The van der Waals surface area contributed by atoms with E-state index in [0.717, 1.165) is 19.3 Å². The molecule has 1 aliphatic rings. The molecule has 2 N–H and O–H groups in total. The smallest absolute Gasteiger partial charge is 0.255 e. The molecule has 1 heterocycles. The molecule has 1 saturated heterocycles. The molecule has 2 aromatic carbocycles. The summed E-state index contributed by atoms with van der Waals surface area (Å²) in [6.45, 7) is 0.748. The minimum absolute atomic E-state index is 0.102. The Labute approximate surface area is 163 Å². The maximum absolute atomic E-state index is 12.8. The second-order valence-electron chi connectivity index (χ2n) is 6.41. The van der Waals surface area contributed by atoms with Crippen molar-refractivity contribution in [1.29, 1.82) is 0 Å². The number of sulfonamides is 1. The third kappa shape index (κ3) is 4.50. The van der Waals surface area contributed by atoms with Gasteiger partial charge < -0.3 is 10.4 Å². The van der Waals surface area contributed by atoms with Crippen molar-refractivity contribution in [2.45, 2.75) is 30.8 Å². The van der Waals surface area contributed by atoms with Gasteiger partial charge in [-0.15, -0.1) is 0 Å². The van der Waals surface area contributed by atoms with E-state index in [1.165, 1.54) is 16.4 Å². The quantitative estimate of drug-likeness (QED) is 0.794. The monoisotopic (exact) mass is 408 g/mol. The van der Waals surface area contributed by atoms with Gasteiger partial charge in [0.15, 0.2) is 0 Å². The number of nitrogens with zero attached hydrogens (tertiary/aromatic N) is 1. The predicted molar refractivity (Wildman–Crippen MR) is 104 cm³/mol. The van der Waals surface area contributed by atoms with Crippen molar-refractivity contribution in [1.82, 2.24) is 4.31 Å². The van der Waals surface area contributed by atoms with Gasteiger partial charge in [-0.2, -0.15) is 4.31 Å². The molecule has 144 valence electrons. The van der Waals surface area contributed by atoms with Crippen LogP contribution < -0.4 is 5.32 Å². The van der Waals surface area contributed by atoms with Gasteiger partial charge in [-0.3, -0.25) is 4.79 Å². The number of amides is 1. The fourth-order valence-electron chi connectivity index (χ4n) is 3.05. The first-order valence-electron chi connectivity index (χ1n) is 8.72. The highest BCUT2D eigenvalue weighted by molar-refractivity contribution is 7.89. The maximum atomic E-state index is 12.8. The SMILES string of the molecule is O=C(Nc1cc(Cl)ccc1CO)c1cccc(S(=O)(=O)N2CCCCC2)c1. The normalized spacial score (nSPS) is 15.5. The highest BCUT2D eigenvalue weighted by Gasteiger charge is 2.26. The van der Waals surface area contributed by atoms with Gasteiger partial charge in [-0.1, -0.05) is 30.2 Å². The molecule has 1 aliphatic heterocycles. The zero-order valence-corrected chi connectivity index (χ0v) is 16.3. The topological polar surface area (TPSA) is 86.7 Å². The van der Waals surface area contributed by atoms with E-state index < -0.39 is 15.9 Å². The predicted octanol–water partition coefficient (Wildman–Crippen LogP) is 3.26. The second-order valence-corrected chi connectivity index (χ2v) is 8.78. The van der Waals surface area contributed by atoms with Gasteiger partial charge in [0.05, 0.1) is 11.5 Å². The third-order valence-corrected chi connectivity index (χ3v) is 6.67. The molecule has 0 unspecified atom stereocenters. The van der Waals surface area contributed by atoms with Gasteiger partial charge in [0.2, 0.25) is 10.0 Å². The minimum Gasteiger partial charge on any atom is -0.392 e. The Balaban J connectivity index is 1.85. The standard InChI is InChI=1S/C19H21ClN2O4S/c20-16-8-7-15(13-23)18(12-16)21-19(24)14-5-4-6-17(11-14)27(25,26)22-9-2-1-3-10-22/h4-8,11-12,23H,1-3,9-10,13H2,(H,21,24). The molecule has 2 aromatic rings. The summed E-state index contributed by atoms with van der Waals surface area (Å²) in [7, 11) is -3.62. The Kier molecular flexibility index (Phi) is 6.16. The number of piperidine rings is 1. The lowest BCUT2D eigenvalue weighted by atomic mass is 10.1. The number of aliphatic hydroxyl groups is 1. The highest BCUT2D eigenvalue weighted by Crippen LogP contribution is 2.24. The van der Waals surface area contributed by atoms with Crippen LogP contribution in [0.4, 0.5) is 5.69 Å². The van der Waals surface area contributed by atoms with Crippen LogP contribution in [0.2, 0.25) is 5.02 Å². The van der Waals surface area contributed by atoms with Gasteiger partial charge >= 0.3 is 0 Å². The number of rotatable bonds is 5. The number of aliphatic hydroxyl groups excluding tert-OH is 1. The molecule has 0 atom stereocenters. The average Bonchev–Trinajstić information content (AvgIpc) is 2.69. The van der Waals surface area contributed by atoms with Gasteiger partial charge in [-0.05, 0) is 43.2 Å². The third-order valence-electron chi connectivity index (χ3n) is 4.54. The van der Waals surface area contributed by atoms with Crippen molar-refractivity contribution in [2.24, 2.45) is 0 Å². The summed E-state index contributed by atoms with van der Waals surface area (Å²) >= 11 is 5.96. The molecule has 0 radical (unpaired) electrons. The summed E-state index contributed by atoms with van der Waals surface area (Å²) in [5.74, 6) is -0.470. The van der Waals surface area contributed by atoms with Crippen LogP contribution in [0.5, 0.6) is 0 Å². The van der Waals surface area contributed by atoms with E-state index in [-0.39, 0.29) is 17.1 Å². The van der Waals surface area contributed by atoms with E-state index >= 15 is 0 Å². The average molecular weight is 409 g/mol. The fraction of sp³-hybridized carbons (Fsp3) is 0.316. The lowest BCUT2D eigenvalue weighted by molar-refractivity contribution is 0.102. The van der Waals surface area contributed by atoms with Crippen LogP contribution in [-0.4, -0.2) is 36.8 Å². The molecule has 0 aliphatic carbocycles. The Hall–Kier alpha value is -1.93. The summed E-state index contributed by atoms with van der Waals surface area (Å²) < 4.78 is 27.1. The Bertz CT molecular complexity index is 940. The highest BCUT2D eigenvalue weighted by atomic mass is 35.5. The Morgan fingerprint density at radius 3 is 2.56 bits per heavy atom. The van der Waals surface area contributed by atoms with Crippen molar-refractivity contribution < 1.29 is 18.3 Å². The van der Waals surface area contributed by atoms with Crippen LogP contribution in [0.15, 0.2) is 47.4 Å². The number of hydrogen-bond acceptors (Lipinski definition) is 4. The molecule has 0 saturated carbocycles. The summed E-state index contributed by atoms with van der Waals surface area (Å²) in [5.41, 5.74) is 1.13. The van der Waals surface area contributed by atoms with Crippen molar-refractivity contribution in [3.8, 4) is 0 Å². The van der Waals surface area contributed by atoms with Gasteiger partial charge in [0.1, 0.15) is 0 Å². The van der Waals surface area contributed by atoms with Crippen LogP contribution in [0.3, 0.4) is 0 Å². The first kappa shape index (κ1) is 19.8. The largest absolute Gasteiger partial charge is 0.392 e. The van der Waals surface area contributed by atoms with E-state index in [9.17, 15) is 18.3 Å². The summed E-state index contributed by atoms with van der Waals surface area (Å²) in [6.07, 6.45) is 2.72. The fourth-order valence-corrected chi connectivity index (χ4v) is 4.79. The molecule has 6 nitrogen and oxygen atoms in total. The number of benzene rings is 2. The molecule has 27 heavy (non-hydrogen) atoms. The molecule has 0 aromatic heterocycles. The molecule has 0 bridgehead atoms. The van der Waals surface area contributed by atoms with E-state index in [1.54, 1.807) is 30.3 Å². The van der Waals surface area contributed by atoms with Crippen LogP contribution in [-0.2, 0) is 16.6 Å². The number of halogens is 1. The summed E-state index contributed by atoms with van der Waals surface area (Å²) in [6, 6.07) is 10.8. The zero-order valence-electron chi connectivity index (χ0n) is 14.7. The second kappa shape index (κ2) is 8.39. The molecule has 3 rings (SSSR count). The Morgan fingerprint density at radius 2 is 1.85 bits per heavy atom. The number of carbonyl (C=O) groups excluding carboxylic acids is 1. The van der Waals surface area contributed by atoms with Gasteiger partial charge in [0, 0.05) is 34.9 Å². The Morgan fingerprint density at radius 1 is 1.11 bits per heavy atom. The summed E-state index contributed by atoms with van der Waals surface area (Å²) in [4.78, 5) is 12.7. The van der Waals surface area contributed by atoms with Gasteiger partial charge in [0.25, 0.3) is 5.91 Å². The maximum Gasteiger partial charge on any atom is 0.255 e. The van der Waals surface area contributed by atoms with Crippen molar-refractivity contribution in [3.63, 3.8) is 0 Å². The lowest BCUT2D eigenvalue weighted by Gasteiger charge is -2.26. The minimum atomic E-state index is -3.62. The van der Waals surface area contributed by atoms with Crippen molar-refractivity contribution >= 4 is 33.2 Å². The lowest BCUT2D eigenvalue weighted by Crippen LogP contribution is -2.35. The molecular formula is C19H21ClN2O4S. The van der Waals surface area contributed by atoms with E-state index in [0.29, 0.717) is 29.4 Å². The number of nitrogens with one attached hydrogen (secondary N) is 1. The van der Waals surface area contributed by atoms with Crippen LogP contribution >= 0.6 is 11.6 Å². The molecule has 8 heteroatoms. The van der Waals surface area contributed by atoms with E-state index in [4.69, 9.17) is 11.6 Å². The summed E-state index contributed by atoms with van der Waals surface area (Å²) in [5, 5.41) is 12.5. The first-order valence-corrected chi connectivity index (χ1v) is 10.5. The molecule has 1 fully saturated rings. The van der Waals surface area contributed by atoms with Crippen molar-refractivity contribution in [2.75, 3.05) is 18.4 Å². The number of hydrogen-bond donors (Lipinski definition) is 2. The van der Waals surface area contributed by atoms with E-state index in [2.05, 4.69) is 5.32 Å². The molecule has 1 amide bonds. The molecule has 0 spiro atoms. The van der Waals surface area contributed by atoms with Crippen LogP contribution in [0.25, 0.3) is 0 Å². The first-order chi connectivity index (χ1) is 12.9. The number of anilines is 1. The van der Waals surface area contributed by atoms with Crippen molar-refractivity contribution in [3.05, 3.63) is 58.6 Å². The van der Waals surface area contributed by atoms with Gasteiger partial charge in [-0.25, -0.2) is 8.42 Å². The van der Waals surface area contributed by atoms with Crippen LogP contribution in [0.1, 0.15) is 35.2 Å². The zero-order chi connectivity index (χ0) is 19.4.